The normalized spacial score (nSPS) is 11.5. The lowest BCUT2D eigenvalue weighted by Gasteiger charge is -2.10. The van der Waals surface area contributed by atoms with E-state index in [2.05, 4.69) is 10.3 Å². The van der Waals surface area contributed by atoms with Gasteiger partial charge in [0.15, 0.2) is 5.16 Å². The minimum Gasteiger partial charge on any atom is -0.334 e. The number of thioether (sulfide) groups is 1. The smallest absolute Gasteiger partial charge is 0.334 e. The highest BCUT2D eigenvalue weighted by Gasteiger charge is 2.30. The molecule has 10 heteroatoms. The Bertz CT molecular complexity index is 1070. The first-order valence-corrected chi connectivity index (χ1v) is 8.61. The number of nitrogens with two attached hydrogens (primary N) is 1. The third-order valence-corrected chi connectivity index (χ3v) is 4.53. The molecule has 0 aliphatic heterocycles. The Morgan fingerprint density at radius 1 is 1.19 bits per heavy atom. The molecule has 0 saturated carbocycles. The number of rotatable bonds is 4. The van der Waals surface area contributed by atoms with Gasteiger partial charge >= 0.3 is 6.18 Å². The van der Waals surface area contributed by atoms with Crippen molar-refractivity contribution >= 4 is 34.3 Å². The molecule has 0 atom stereocenters. The number of anilines is 1. The molecule has 0 bridgehead atoms. The van der Waals surface area contributed by atoms with Crippen molar-refractivity contribution in [3.05, 3.63) is 64.4 Å². The molecule has 140 valence electrons. The fourth-order valence-electron chi connectivity index (χ4n) is 2.33. The van der Waals surface area contributed by atoms with Gasteiger partial charge < -0.3 is 11.2 Å². The van der Waals surface area contributed by atoms with Crippen LogP contribution in [0.2, 0.25) is 0 Å². The van der Waals surface area contributed by atoms with Crippen molar-refractivity contribution in [2.75, 3.05) is 16.9 Å². The van der Waals surface area contributed by atoms with Crippen LogP contribution in [0.5, 0.6) is 0 Å². The lowest BCUT2D eigenvalue weighted by atomic mass is 10.2. The molecule has 0 fully saturated rings. The van der Waals surface area contributed by atoms with E-state index in [1.54, 1.807) is 24.3 Å². The van der Waals surface area contributed by atoms with Gasteiger partial charge in [-0.3, -0.25) is 9.59 Å². The molecule has 3 N–H and O–H groups in total. The standard InChI is InChI=1S/C17H13F3N4O2S/c18-17(19,20)10-4-3-5-11(8-10)22-14(25)9-27-16-23-13-7-2-1-6-12(13)15(26)24(16)21/h1-8H,9,21H2,(H,22,25). The minimum atomic E-state index is -4.50. The largest absolute Gasteiger partial charge is 0.416 e. The maximum absolute atomic E-state index is 12.7. The second kappa shape index (κ2) is 7.31. The van der Waals surface area contributed by atoms with Crippen molar-refractivity contribution in [2.24, 2.45) is 0 Å². The molecule has 0 radical (unpaired) electrons. The molecule has 3 rings (SSSR count). The van der Waals surface area contributed by atoms with Crippen molar-refractivity contribution in [3.63, 3.8) is 0 Å². The predicted octanol–water partition coefficient (Wildman–Crippen LogP) is 2.86. The topological polar surface area (TPSA) is 90.0 Å². The number of nitrogens with zero attached hydrogens (tertiary/aromatic N) is 2. The number of carbonyl (C=O) groups is 1. The molecule has 0 aliphatic rings. The number of hydrogen-bond donors (Lipinski definition) is 2. The van der Waals surface area contributed by atoms with Crippen molar-refractivity contribution in [2.45, 2.75) is 11.3 Å². The summed E-state index contributed by atoms with van der Waals surface area (Å²) in [4.78, 5) is 28.5. The van der Waals surface area contributed by atoms with E-state index >= 15 is 0 Å². The van der Waals surface area contributed by atoms with E-state index in [-0.39, 0.29) is 16.6 Å². The SMILES string of the molecule is Nn1c(SCC(=O)Nc2cccc(C(F)(F)F)c2)nc2ccccc2c1=O. The highest BCUT2D eigenvalue weighted by atomic mass is 32.2. The fraction of sp³-hybridized carbons (Fsp3) is 0.118. The lowest BCUT2D eigenvalue weighted by Crippen LogP contribution is -2.30. The number of para-hydroxylation sites is 1. The summed E-state index contributed by atoms with van der Waals surface area (Å²) < 4.78 is 39.0. The average molecular weight is 394 g/mol. The number of alkyl halides is 3. The predicted molar refractivity (Wildman–Crippen MR) is 97.0 cm³/mol. The number of carbonyl (C=O) groups excluding carboxylic acids is 1. The number of amides is 1. The van der Waals surface area contributed by atoms with Crippen molar-refractivity contribution in [3.8, 4) is 0 Å². The van der Waals surface area contributed by atoms with Gasteiger partial charge in [0.25, 0.3) is 5.56 Å². The third-order valence-electron chi connectivity index (χ3n) is 3.58. The van der Waals surface area contributed by atoms with Crippen LogP contribution in [0.4, 0.5) is 18.9 Å². The summed E-state index contributed by atoms with van der Waals surface area (Å²) in [5.74, 6) is 4.98. The van der Waals surface area contributed by atoms with Crippen LogP contribution in [0.25, 0.3) is 10.9 Å². The lowest BCUT2D eigenvalue weighted by molar-refractivity contribution is -0.137. The monoisotopic (exact) mass is 394 g/mol. The summed E-state index contributed by atoms with van der Waals surface area (Å²) in [5, 5.41) is 2.85. The van der Waals surface area contributed by atoms with Gasteiger partial charge in [0.1, 0.15) is 0 Å². The quantitative estimate of drug-likeness (QED) is 0.404. The van der Waals surface area contributed by atoms with Gasteiger partial charge in [0.05, 0.1) is 22.2 Å². The van der Waals surface area contributed by atoms with E-state index in [1.165, 1.54) is 12.1 Å². The Morgan fingerprint density at radius 2 is 1.93 bits per heavy atom. The number of nitrogens with one attached hydrogen (secondary N) is 1. The van der Waals surface area contributed by atoms with Crippen molar-refractivity contribution in [1.29, 1.82) is 0 Å². The molecule has 1 heterocycles. The Kier molecular flexibility index (Phi) is 5.08. The van der Waals surface area contributed by atoms with E-state index in [0.29, 0.717) is 10.9 Å². The fourth-order valence-corrected chi connectivity index (χ4v) is 3.05. The average Bonchev–Trinajstić information content (AvgIpc) is 2.63. The van der Waals surface area contributed by atoms with Crippen LogP contribution < -0.4 is 16.7 Å². The number of benzene rings is 2. The number of nitrogen functional groups attached to an aromatic ring is 1. The van der Waals surface area contributed by atoms with Crippen molar-refractivity contribution in [1.82, 2.24) is 9.66 Å². The Labute approximate surface area is 155 Å². The third kappa shape index (κ3) is 4.22. The first-order chi connectivity index (χ1) is 12.8. The maximum atomic E-state index is 12.7. The van der Waals surface area contributed by atoms with E-state index < -0.39 is 23.2 Å². The summed E-state index contributed by atoms with van der Waals surface area (Å²) in [5.41, 5.74) is -0.863. The Hall–Kier alpha value is -3.01. The number of fused-ring (bicyclic) bond motifs is 1. The second-order valence-electron chi connectivity index (χ2n) is 5.50. The molecule has 0 saturated heterocycles. The van der Waals surface area contributed by atoms with Gasteiger partial charge in [0.2, 0.25) is 5.91 Å². The van der Waals surface area contributed by atoms with Crippen LogP contribution in [0.3, 0.4) is 0 Å². The highest BCUT2D eigenvalue weighted by molar-refractivity contribution is 7.99. The van der Waals surface area contributed by atoms with E-state index in [4.69, 9.17) is 5.84 Å². The second-order valence-corrected chi connectivity index (χ2v) is 6.44. The number of hydrogen-bond acceptors (Lipinski definition) is 5. The van der Waals surface area contributed by atoms with Gasteiger partial charge in [-0.15, -0.1) is 0 Å². The molecule has 1 aromatic heterocycles. The molecule has 0 unspecified atom stereocenters. The number of aromatic nitrogens is 2. The Balaban J connectivity index is 1.72. The zero-order valence-electron chi connectivity index (χ0n) is 13.7. The minimum absolute atomic E-state index is 0.0204. The number of halogens is 3. The van der Waals surface area contributed by atoms with Gasteiger partial charge in [-0.1, -0.05) is 30.0 Å². The van der Waals surface area contributed by atoms with Crippen LogP contribution in [0.1, 0.15) is 5.56 Å². The van der Waals surface area contributed by atoms with Crippen LogP contribution in [-0.2, 0) is 11.0 Å². The summed E-state index contributed by atoms with van der Waals surface area (Å²) in [6, 6.07) is 10.9. The molecule has 3 aromatic rings. The summed E-state index contributed by atoms with van der Waals surface area (Å²) in [6.45, 7) is 0. The molecule has 1 amide bonds. The first kappa shape index (κ1) is 18.8. The zero-order valence-corrected chi connectivity index (χ0v) is 14.5. The van der Waals surface area contributed by atoms with Gasteiger partial charge in [-0.2, -0.15) is 13.2 Å². The molecule has 2 aromatic carbocycles. The highest BCUT2D eigenvalue weighted by Crippen LogP contribution is 2.30. The molecular formula is C17H13F3N4O2S. The summed E-state index contributed by atoms with van der Waals surface area (Å²) in [6.07, 6.45) is -4.50. The summed E-state index contributed by atoms with van der Waals surface area (Å²) in [7, 11) is 0. The van der Waals surface area contributed by atoms with Crippen LogP contribution in [0.15, 0.2) is 58.5 Å². The maximum Gasteiger partial charge on any atom is 0.416 e. The zero-order chi connectivity index (χ0) is 19.6. The molecule has 27 heavy (non-hydrogen) atoms. The molecule has 6 nitrogen and oxygen atoms in total. The summed E-state index contributed by atoms with van der Waals surface area (Å²) >= 11 is 0.906. The van der Waals surface area contributed by atoms with Gasteiger partial charge in [-0.25, -0.2) is 9.66 Å². The van der Waals surface area contributed by atoms with Gasteiger partial charge in [-0.05, 0) is 30.3 Å². The van der Waals surface area contributed by atoms with Crippen molar-refractivity contribution < 1.29 is 18.0 Å². The van der Waals surface area contributed by atoms with Gasteiger partial charge in [0, 0.05) is 5.69 Å². The molecule has 0 spiro atoms. The first-order valence-electron chi connectivity index (χ1n) is 7.62. The van der Waals surface area contributed by atoms with Crippen LogP contribution in [0, 0.1) is 0 Å². The van der Waals surface area contributed by atoms with E-state index in [0.717, 1.165) is 28.6 Å². The van der Waals surface area contributed by atoms with Crippen LogP contribution >= 0.6 is 11.8 Å². The van der Waals surface area contributed by atoms with E-state index in [1.807, 2.05) is 0 Å². The van der Waals surface area contributed by atoms with Crippen LogP contribution in [-0.4, -0.2) is 21.3 Å². The Morgan fingerprint density at radius 3 is 2.67 bits per heavy atom. The van der Waals surface area contributed by atoms with E-state index in [9.17, 15) is 22.8 Å². The molecular weight excluding hydrogens is 381 g/mol. The molecule has 0 aliphatic carbocycles.